The molecule has 1 heterocycles. The van der Waals surface area contributed by atoms with Gasteiger partial charge in [-0.3, -0.25) is 9.59 Å². The van der Waals surface area contributed by atoms with Crippen LogP contribution in [0.15, 0.2) is 47.8 Å². The Morgan fingerprint density at radius 3 is 2.58 bits per heavy atom. The predicted octanol–water partition coefficient (Wildman–Crippen LogP) is 3.84. The van der Waals surface area contributed by atoms with Gasteiger partial charge in [0, 0.05) is 18.6 Å². The molecule has 3 rings (SSSR count). The van der Waals surface area contributed by atoms with Crippen LogP contribution in [-0.4, -0.2) is 52.0 Å². The third-order valence-electron chi connectivity index (χ3n) is 6.90. The number of hydrogen-bond acceptors (Lipinski definition) is 8. The zero-order valence-electron chi connectivity index (χ0n) is 19.3. The number of Topliss-reactive ketones (excluding diaryl/α,β-unsaturated/α-hetero) is 1. The van der Waals surface area contributed by atoms with Crippen molar-refractivity contribution >= 4 is 37.0 Å². The van der Waals surface area contributed by atoms with Gasteiger partial charge < -0.3 is 19.7 Å². The maximum absolute atomic E-state index is 13.7. The average molecular weight is 495 g/mol. The maximum Gasteiger partial charge on any atom is 0.327 e. The third kappa shape index (κ3) is 5.78. The first-order chi connectivity index (χ1) is 15.6. The van der Waals surface area contributed by atoms with Crippen LogP contribution in [0, 0.1) is 29.6 Å². The van der Waals surface area contributed by atoms with Crippen molar-refractivity contribution in [1.82, 2.24) is 0 Å². The minimum absolute atomic E-state index is 0.0269. The highest BCUT2D eigenvalue weighted by molar-refractivity contribution is 7.82. The lowest BCUT2D eigenvalue weighted by molar-refractivity contribution is -0.145. The monoisotopic (exact) mass is 494 g/mol. The quantitative estimate of drug-likeness (QED) is 0.201. The summed E-state index contributed by atoms with van der Waals surface area (Å²) < 4.78 is 10.4. The number of methoxy groups -OCH3 is 1. The number of fused-ring (bicyclic) bond motifs is 4. The van der Waals surface area contributed by atoms with E-state index in [4.69, 9.17) is 9.47 Å². The first-order valence-corrected chi connectivity index (χ1v) is 12.4. The van der Waals surface area contributed by atoms with Crippen LogP contribution >= 0.6 is 25.3 Å². The van der Waals surface area contributed by atoms with E-state index in [2.05, 4.69) is 43.5 Å². The molecule has 1 fully saturated rings. The molecule has 3 aliphatic rings. The molecule has 2 aliphatic carbocycles. The lowest BCUT2D eigenvalue weighted by Crippen LogP contribution is -2.46. The van der Waals surface area contributed by atoms with Gasteiger partial charge in [0.2, 0.25) is 0 Å². The Labute approximate surface area is 206 Å². The first kappa shape index (κ1) is 26.1. The average Bonchev–Trinajstić information content (AvgIpc) is 2.75. The predicted molar refractivity (Wildman–Crippen MR) is 133 cm³/mol. The summed E-state index contributed by atoms with van der Waals surface area (Å²) in [6, 6.07) is 0. The second-order valence-electron chi connectivity index (χ2n) is 9.25. The van der Waals surface area contributed by atoms with Gasteiger partial charge >= 0.3 is 5.97 Å². The first-order valence-electron chi connectivity index (χ1n) is 11.4. The maximum atomic E-state index is 13.7. The summed E-state index contributed by atoms with van der Waals surface area (Å²) in [5.74, 6) is -1.78. The molecule has 0 spiro atoms. The van der Waals surface area contributed by atoms with Crippen molar-refractivity contribution in [3.8, 4) is 0 Å². The van der Waals surface area contributed by atoms with E-state index < -0.39 is 22.3 Å². The molecule has 1 aliphatic heterocycles. The van der Waals surface area contributed by atoms with Crippen LogP contribution in [0.3, 0.4) is 0 Å². The smallest absolute Gasteiger partial charge is 0.327 e. The summed E-state index contributed by atoms with van der Waals surface area (Å²) in [5.41, 5.74) is 0.241. The molecular weight excluding hydrogens is 460 g/mol. The molecule has 6 nitrogen and oxygen atoms in total. The number of hydrogen-bond donors (Lipinski definition) is 4. The highest BCUT2D eigenvalue weighted by atomic mass is 32.1. The Morgan fingerprint density at radius 2 is 1.91 bits per heavy atom. The Hall–Kier alpha value is -1.48. The minimum atomic E-state index is -1.32. The Kier molecular flexibility index (Phi) is 8.59. The van der Waals surface area contributed by atoms with Gasteiger partial charge in [0.15, 0.2) is 11.0 Å². The number of aliphatic hydroxyl groups is 2. The molecule has 8 heteroatoms. The largest absolute Gasteiger partial charge is 0.510 e. The molecule has 2 N–H and O–H groups in total. The van der Waals surface area contributed by atoms with Crippen molar-refractivity contribution in [2.24, 2.45) is 29.6 Å². The number of allylic oxidation sites excluding steroid dienone is 6. The molecule has 0 aromatic carbocycles. The Balaban J connectivity index is 2.05. The molecule has 0 aromatic rings. The minimum Gasteiger partial charge on any atom is -0.510 e. The van der Waals surface area contributed by atoms with Gasteiger partial charge in [-0.2, -0.15) is 12.6 Å². The fourth-order valence-electron chi connectivity index (χ4n) is 5.40. The van der Waals surface area contributed by atoms with Crippen LogP contribution in [0.25, 0.3) is 0 Å². The Morgan fingerprint density at radius 1 is 1.21 bits per heavy atom. The van der Waals surface area contributed by atoms with E-state index in [1.165, 1.54) is 7.11 Å². The van der Waals surface area contributed by atoms with Gasteiger partial charge in [0.05, 0.1) is 6.61 Å². The van der Waals surface area contributed by atoms with Crippen molar-refractivity contribution in [2.45, 2.75) is 49.4 Å². The van der Waals surface area contributed by atoms with E-state index in [0.29, 0.717) is 19.3 Å². The number of cyclic esters (lactones) is 1. The summed E-state index contributed by atoms with van der Waals surface area (Å²) in [5, 5.41) is 20.3. The molecule has 1 saturated carbocycles. The van der Waals surface area contributed by atoms with Gasteiger partial charge in [0.25, 0.3) is 0 Å². The summed E-state index contributed by atoms with van der Waals surface area (Å²) >= 11 is 8.64. The summed E-state index contributed by atoms with van der Waals surface area (Å²) in [4.78, 5) is 24.9. The van der Waals surface area contributed by atoms with Gasteiger partial charge in [-0.05, 0) is 49.5 Å². The third-order valence-corrected chi connectivity index (χ3v) is 7.66. The zero-order valence-corrected chi connectivity index (χ0v) is 21.0. The summed E-state index contributed by atoms with van der Waals surface area (Å²) in [6.07, 6.45) is 12.6. The molecule has 2 bridgehead atoms. The molecule has 182 valence electrons. The van der Waals surface area contributed by atoms with Crippen molar-refractivity contribution in [3.63, 3.8) is 0 Å². The summed E-state index contributed by atoms with van der Waals surface area (Å²) in [7, 11) is 1.51. The van der Waals surface area contributed by atoms with Crippen molar-refractivity contribution in [1.29, 1.82) is 0 Å². The fourth-order valence-corrected chi connectivity index (χ4v) is 5.96. The zero-order chi connectivity index (χ0) is 24.3. The molecule has 33 heavy (non-hydrogen) atoms. The lowest BCUT2D eigenvalue weighted by atomic mass is 9.58. The highest BCUT2D eigenvalue weighted by Gasteiger charge is 2.49. The number of carbonyl (C=O) groups excluding carboxylic acids is 2. The van der Waals surface area contributed by atoms with E-state index >= 15 is 0 Å². The number of rotatable bonds is 5. The number of ketones is 1. The van der Waals surface area contributed by atoms with Crippen LogP contribution < -0.4 is 0 Å². The Bertz CT molecular complexity index is 874. The second-order valence-corrected chi connectivity index (χ2v) is 10.6. The van der Waals surface area contributed by atoms with Crippen LogP contribution in [0.1, 0.15) is 33.1 Å². The SMILES string of the molecule is CC[C@H]1[C@@H]2C(=O)/C3=C(\O)[C@H](S)C(=O)O[C@@H](C)/C=C/C=C\[C@@H](C3)[C@@H]2C=C[C@@H]1C[C@](O)(S)COC. The van der Waals surface area contributed by atoms with Gasteiger partial charge in [-0.15, -0.1) is 12.6 Å². The molecular formula is C25H34O6S2. The van der Waals surface area contributed by atoms with Gasteiger partial charge in [0.1, 0.15) is 16.8 Å². The number of aliphatic hydroxyl groups excluding tert-OH is 1. The number of carbonyl (C=O) groups is 2. The topological polar surface area (TPSA) is 93.1 Å². The number of thiol groups is 2. The van der Waals surface area contributed by atoms with E-state index in [-0.39, 0.29) is 53.3 Å². The standard InChI is InChI=1S/C25H34O6S2/c1-4-17-16(12-25(29,33)13-30-3)9-10-18-15-8-6-5-7-14(2)31-24(28)23(32)22(27)19(11-15)21(26)20(17)18/h5-10,14-18,20,23,27,29,32-33H,4,11-13H2,1-3H3/b7-5+,8-6-,22-19-/t14-,15-,16+,17+,18-,20-,23-,25-/m0/s1. The van der Waals surface area contributed by atoms with Crippen LogP contribution in [0.5, 0.6) is 0 Å². The molecule has 0 amide bonds. The second kappa shape index (κ2) is 10.8. The van der Waals surface area contributed by atoms with E-state index in [0.717, 1.165) is 0 Å². The lowest BCUT2D eigenvalue weighted by Gasteiger charge is -2.46. The van der Waals surface area contributed by atoms with Crippen LogP contribution in [-0.2, 0) is 19.1 Å². The van der Waals surface area contributed by atoms with E-state index in [1.54, 1.807) is 13.0 Å². The summed E-state index contributed by atoms with van der Waals surface area (Å²) in [6.45, 7) is 3.83. The molecule has 0 saturated heterocycles. The molecule has 0 aromatic heterocycles. The normalized spacial score (nSPS) is 40.6. The number of esters is 1. The highest BCUT2D eigenvalue weighted by Crippen LogP contribution is 2.49. The van der Waals surface area contributed by atoms with E-state index in [1.807, 2.05) is 19.1 Å². The van der Waals surface area contributed by atoms with Crippen molar-refractivity contribution in [3.05, 3.63) is 47.8 Å². The van der Waals surface area contributed by atoms with E-state index in [9.17, 15) is 19.8 Å². The van der Waals surface area contributed by atoms with Crippen molar-refractivity contribution < 1.29 is 29.3 Å². The molecule has 0 radical (unpaired) electrons. The van der Waals surface area contributed by atoms with Gasteiger partial charge in [-0.1, -0.05) is 43.7 Å². The van der Waals surface area contributed by atoms with Crippen molar-refractivity contribution in [2.75, 3.05) is 13.7 Å². The number of ether oxygens (including phenoxy) is 2. The molecule has 8 atom stereocenters. The van der Waals surface area contributed by atoms with Crippen LogP contribution in [0.4, 0.5) is 0 Å². The van der Waals surface area contributed by atoms with Crippen LogP contribution in [0.2, 0.25) is 0 Å². The molecule has 0 unspecified atom stereocenters. The fraction of sp³-hybridized carbons (Fsp3) is 0.600. The van der Waals surface area contributed by atoms with Gasteiger partial charge in [-0.25, -0.2) is 0 Å².